The van der Waals surface area contributed by atoms with Crippen LogP contribution in [0.5, 0.6) is 0 Å². The summed E-state index contributed by atoms with van der Waals surface area (Å²) in [5, 5.41) is 19.4. The minimum Gasteiger partial charge on any atom is -0.476 e. The molecule has 2 heterocycles. The Bertz CT molecular complexity index is 746. The van der Waals surface area contributed by atoms with Gasteiger partial charge in [-0.1, -0.05) is 12.1 Å². The minimum absolute atomic E-state index is 0.0842. The third-order valence-electron chi connectivity index (χ3n) is 3.89. The Morgan fingerprint density at radius 1 is 1.50 bits per heavy atom. The van der Waals surface area contributed by atoms with Crippen LogP contribution in [0.2, 0.25) is 0 Å². The lowest BCUT2D eigenvalue weighted by Gasteiger charge is -2.16. The predicted octanol–water partition coefficient (Wildman–Crippen LogP) is 1.48. The second kappa shape index (κ2) is 5.28. The van der Waals surface area contributed by atoms with Gasteiger partial charge < -0.3 is 14.9 Å². The van der Waals surface area contributed by atoms with Crippen molar-refractivity contribution in [2.75, 3.05) is 5.32 Å². The van der Waals surface area contributed by atoms with Gasteiger partial charge in [-0.2, -0.15) is 5.10 Å². The maximum Gasteiger partial charge on any atom is 0.356 e. The molecule has 0 saturated carbocycles. The largest absolute Gasteiger partial charge is 0.476 e. The number of carbonyl (C=O) groups excluding carboxylic acids is 1. The molecule has 2 aromatic rings. The van der Waals surface area contributed by atoms with Crippen molar-refractivity contribution in [3.63, 3.8) is 0 Å². The van der Waals surface area contributed by atoms with E-state index in [4.69, 9.17) is 9.63 Å². The summed E-state index contributed by atoms with van der Waals surface area (Å²) in [5.41, 5.74) is 1.10. The van der Waals surface area contributed by atoms with Crippen LogP contribution >= 0.6 is 0 Å². The third kappa shape index (κ3) is 2.36. The molecule has 2 N–H and O–H groups in total. The summed E-state index contributed by atoms with van der Waals surface area (Å²) in [7, 11) is 1.50. The van der Waals surface area contributed by atoms with Crippen LogP contribution in [-0.4, -0.2) is 31.9 Å². The van der Waals surface area contributed by atoms with Crippen LogP contribution in [0.3, 0.4) is 0 Å². The van der Waals surface area contributed by atoms with Crippen LogP contribution in [0.25, 0.3) is 0 Å². The molecule has 0 saturated heterocycles. The Hall–Kier alpha value is -2.64. The fourth-order valence-electron chi connectivity index (χ4n) is 2.72. The normalized spacial score (nSPS) is 17.1. The zero-order chi connectivity index (χ0) is 15.9. The number of rotatable bonds is 3. The Kier molecular flexibility index (Phi) is 3.44. The van der Waals surface area contributed by atoms with E-state index in [2.05, 4.69) is 22.5 Å². The Morgan fingerprint density at radius 2 is 2.27 bits per heavy atom. The summed E-state index contributed by atoms with van der Waals surface area (Å²) in [6, 6.07) is 0. The number of nitrogens with one attached hydrogen (secondary N) is 1. The third-order valence-corrected chi connectivity index (χ3v) is 3.89. The molecule has 22 heavy (non-hydrogen) atoms. The van der Waals surface area contributed by atoms with Gasteiger partial charge in [0, 0.05) is 19.0 Å². The van der Waals surface area contributed by atoms with Gasteiger partial charge in [-0.3, -0.25) is 9.48 Å². The number of hydrogen-bond donors (Lipinski definition) is 2. The molecule has 2 aromatic heterocycles. The molecule has 116 valence electrons. The van der Waals surface area contributed by atoms with E-state index in [1.54, 1.807) is 0 Å². The predicted molar refractivity (Wildman–Crippen MR) is 75.8 cm³/mol. The van der Waals surface area contributed by atoms with Gasteiger partial charge in [-0.05, 0) is 18.8 Å². The molecule has 8 heteroatoms. The molecule has 0 aromatic carbocycles. The van der Waals surface area contributed by atoms with Crippen LogP contribution in [0.4, 0.5) is 5.69 Å². The molecule has 1 unspecified atom stereocenters. The number of anilines is 1. The zero-order valence-corrected chi connectivity index (χ0v) is 12.3. The summed E-state index contributed by atoms with van der Waals surface area (Å²) in [6.45, 7) is 2.11. The summed E-state index contributed by atoms with van der Waals surface area (Å²) in [4.78, 5) is 23.6. The molecular formula is C14H16N4O4. The SMILES string of the molecule is CC1CCc2onc(C(=O)Nc3cnn(C)c3C(=O)O)c2C1. The van der Waals surface area contributed by atoms with E-state index in [-0.39, 0.29) is 17.1 Å². The van der Waals surface area contributed by atoms with Crippen molar-refractivity contribution in [2.45, 2.75) is 26.2 Å². The van der Waals surface area contributed by atoms with Crippen molar-refractivity contribution < 1.29 is 19.2 Å². The monoisotopic (exact) mass is 304 g/mol. The van der Waals surface area contributed by atoms with Crippen molar-refractivity contribution in [3.8, 4) is 0 Å². The number of fused-ring (bicyclic) bond motifs is 1. The van der Waals surface area contributed by atoms with E-state index in [9.17, 15) is 9.59 Å². The number of hydrogen-bond acceptors (Lipinski definition) is 5. The lowest BCUT2D eigenvalue weighted by atomic mass is 9.88. The first-order chi connectivity index (χ1) is 10.5. The van der Waals surface area contributed by atoms with Gasteiger partial charge in [0.2, 0.25) is 0 Å². The molecule has 0 spiro atoms. The molecule has 1 amide bonds. The average molecular weight is 304 g/mol. The molecule has 0 aliphatic heterocycles. The maximum absolute atomic E-state index is 12.4. The second-order valence-corrected chi connectivity index (χ2v) is 5.57. The molecule has 0 fully saturated rings. The smallest absolute Gasteiger partial charge is 0.356 e. The van der Waals surface area contributed by atoms with Gasteiger partial charge in [0.05, 0.1) is 11.9 Å². The zero-order valence-electron chi connectivity index (χ0n) is 12.3. The van der Waals surface area contributed by atoms with Crippen LogP contribution in [0, 0.1) is 5.92 Å². The average Bonchev–Trinajstić information content (AvgIpc) is 3.02. The fraction of sp³-hybridized carbons (Fsp3) is 0.429. The molecular weight excluding hydrogens is 288 g/mol. The number of aryl methyl sites for hydroxylation is 2. The van der Waals surface area contributed by atoms with Crippen molar-refractivity contribution in [1.82, 2.24) is 14.9 Å². The molecule has 1 aliphatic carbocycles. The number of aromatic carboxylic acids is 1. The first-order valence-corrected chi connectivity index (χ1v) is 7.01. The number of carbonyl (C=O) groups is 2. The number of carboxylic acid groups (broad SMARTS) is 1. The Morgan fingerprint density at radius 3 is 3.00 bits per heavy atom. The van der Waals surface area contributed by atoms with Crippen molar-refractivity contribution in [1.29, 1.82) is 0 Å². The summed E-state index contributed by atoms with van der Waals surface area (Å²) in [6.07, 6.45) is 3.82. The number of amides is 1. The lowest BCUT2D eigenvalue weighted by molar-refractivity contribution is 0.0686. The molecule has 8 nitrogen and oxygen atoms in total. The summed E-state index contributed by atoms with van der Waals surface area (Å²) >= 11 is 0. The first-order valence-electron chi connectivity index (χ1n) is 7.01. The van der Waals surface area contributed by atoms with Gasteiger partial charge in [0.25, 0.3) is 5.91 Å². The van der Waals surface area contributed by atoms with Crippen molar-refractivity contribution in [3.05, 3.63) is 28.9 Å². The van der Waals surface area contributed by atoms with E-state index >= 15 is 0 Å². The highest BCUT2D eigenvalue weighted by molar-refractivity contribution is 6.06. The van der Waals surface area contributed by atoms with E-state index in [1.165, 1.54) is 17.9 Å². The Balaban J connectivity index is 1.87. The highest BCUT2D eigenvalue weighted by Gasteiger charge is 2.28. The standard InChI is InChI=1S/C14H16N4O4/c1-7-3-4-10-8(5-7)11(17-22-10)13(19)16-9-6-15-18(2)12(9)14(20)21/h6-7H,3-5H2,1-2H3,(H,16,19)(H,20,21). The van der Waals surface area contributed by atoms with Crippen molar-refractivity contribution >= 4 is 17.6 Å². The molecule has 3 rings (SSSR count). The van der Waals surface area contributed by atoms with Gasteiger partial charge in [0.15, 0.2) is 11.4 Å². The molecule has 1 atom stereocenters. The van der Waals surface area contributed by atoms with Crippen molar-refractivity contribution in [2.24, 2.45) is 13.0 Å². The molecule has 0 radical (unpaired) electrons. The van der Waals surface area contributed by atoms with Gasteiger partial charge in [-0.25, -0.2) is 4.79 Å². The van der Waals surface area contributed by atoms with Crippen LogP contribution in [-0.2, 0) is 19.9 Å². The molecule has 1 aliphatic rings. The maximum atomic E-state index is 12.4. The van der Waals surface area contributed by atoms with E-state index in [1.807, 2.05) is 0 Å². The van der Waals surface area contributed by atoms with Crippen LogP contribution in [0.1, 0.15) is 45.6 Å². The van der Waals surface area contributed by atoms with Crippen LogP contribution < -0.4 is 5.32 Å². The first kappa shape index (κ1) is 14.3. The number of carboxylic acids is 1. The summed E-state index contributed by atoms with van der Waals surface area (Å²) < 4.78 is 6.42. The topological polar surface area (TPSA) is 110 Å². The van der Waals surface area contributed by atoms with Gasteiger partial charge in [-0.15, -0.1) is 0 Å². The second-order valence-electron chi connectivity index (χ2n) is 5.57. The van der Waals surface area contributed by atoms with Crippen LogP contribution in [0.15, 0.2) is 10.7 Å². The van der Waals surface area contributed by atoms with E-state index in [0.717, 1.165) is 30.6 Å². The highest BCUT2D eigenvalue weighted by Crippen LogP contribution is 2.28. The summed E-state index contributed by atoms with van der Waals surface area (Å²) in [5.74, 6) is -0.431. The number of aromatic nitrogens is 3. The van der Waals surface area contributed by atoms with E-state index in [0.29, 0.717) is 5.92 Å². The molecule has 0 bridgehead atoms. The lowest BCUT2D eigenvalue weighted by Crippen LogP contribution is -2.19. The quantitative estimate of drug-likeness (QED) is 0.888. The fourth-order valence-corrected chi connectivity index (χ4v) is 2.72. The Labute approximate surface area is 126 Å². The number of nitrogens with zero attached hydrogens (tertiary/aromatic N) is 3. The minimum atomic E-state index is -1.16. The van der Waals surface area contributed by atoms with Gasteiger partial charge >= 0.3 is 5.97 Å². The van der Waals surface area contributed by atoms with Gasteiger partial charge in [0.1, 0.15) is 5.76 Å². The highest BCUT2D eigenvalue weighted by atomic mass is 16.5. The van der Waals surface area contributed by atoms with E-state index < -0.39 is 11.9 Å².